The highest BCUT2D eigenvalue weighted by Gasteiger charge is 2.38. The number of rotatable bonds is 7. The number of nitrogens with one attached hydrogen (secondary N) is 5. The Morgan fingerprint density at radius 2 is 1.59 bits per heavy atom. The third kappa shape index (κ3) is 7.42. The second-order valence-electron chi connectivity index (χ2n) is 11.4. The number of anilines is 3. The van der Waals surface area contributed by atoms with Crippen molar-refractivity contribution in [2.45, 2.75) is 37.3 Å². The van der Waals surface area contributed by atoms with Gasteiger partial charge >= 0.3 is 12.4 Å². The first-order valence-electron chi connectivity index (χ1n) is 14.7. The SMILES string of the molecule is N#Cc1cnc2c(Cl)cc(NC(C3=CN(C4CCNCC4)NN3)c3cc(C(F)(F)F)cc(C(F)(F)F)c3)cc2c1Nc1ccc(F)c(Cl)c1. The van der Waals surface area contributed by atoms with Gasteiger partial charge in [0.25, 0.3) is 0 Å². The first-order chi connectivity index (χ1) is 23.2. The molecule has 0 saturated carbocycles. The number of alkyl halides is 6. The maximum absolute atomic E-state index is 13.9. The second kappa shape index (κ2) is 13.4. The number of halogens is 9. The molecule has 256 valence electrons. The Morgan fingerprint density at radius 1 is 0.918 bits per heavy atom. The molecule has 1 unspecified atom stereocenters. The van der Waals surface area contributed by atoms with Crippen LogP contribution >= 0.6 is 23.2 Å². The van der Waals surface area contributed by atoms with E-state index in [1.807, 2.05) is 6.07 Å². The summed E-state index contributed by atoms with van der Waals surface area (Å²) in [5.74, 6) is -0.667. The molecule has 8 nitrogen and oxygen atoms in total. The fourth-order valence-corrected chi connectivity index (χ4v) is 6.15. The molecule has 0 bridgehead atoms. The molecule has 2 aliphatic rings. The molecule has 49 heavy (non-hydrogen) atoms. The van der Waals surface area contributed by atoms with E-state index < -0.39 is 35.3 Å². The summed E-state index contributed by atoms with van der Waals surface area (Å²) in [7, 11) is 0. The van der Waals surface area contributed by atoms with Crippen molar-refractivity contribution in [3.8, 4) is 6.07 Å². The zero-order valence-corrected chi connectivity index (χ0v) is 26.5. The lowest BCUT2D eigenvalue weighted by Crippen LogP contribution is -2.47. The van der Waals surface area contributed by atoms with Gasteiger partial charge in [0.05, 0.1) is 49.7 Å². The Bertz CT molecular complexity index is 1940. The summed E-state index contributed by atoms with van der Waals surface area (Å²) in [6, 6.07) is 8.83. The van der Waals surface area contributed by atoms with E-state index in [4.69, 9.17) is 23.2 Å². The lowest BCUT2D eigenvalue weighted by Gasteiger charge is -2.30. The van der Waals surface area contributed by atoms with Gasteiger partial charge in [0, 0.05) is 35.2 Å². The minimum absolute atomic E-state index is 0.00154. The molecule has 3 aromatic carbocycles. The van der Waals surface area contributed by atoms with E-state index in [1.54, 1.807) is 11.2 Å². The highest BCUT2D eigenvalue weighted by atomic mass is 35.5. The molecule has 0 aliphatic carbocycles. The summed E-state index contributed by atoms with van der Waals surface area (Å²) < 4.78 is 97.5. The van der Waals surface area contributed by atoms with Gasteiger partial charge in [-0.15, -0.1) is 5.53 Å². The first-order valence-corrected chi connectivity index (χ1v) is 15.5. The van der Waals surface area contributed by atoms with E-state index >= 15 is 0 Å². The largest absolute Gasteiger partial charge is 0.416 e. The van der Waals surface area contributed by atoms with Gasteiger partial charge in [0.2, 0.25) is 0 Å². The number of nitrogens with zero attached hydrogens (tertiary/aromatic N) is 3. The van der Waals surface area contributed by atoms with Crippen molar-refractivity contribution in [1.82, 2.24) is 26.3 Å². The van der Waals surface area contributed by atoms with Gasteiger partial charge in [-0.3, -0.25) is 9.99 Å². The van der Waals surface area contributed by atoms with Crippen LogP contribution in [0.25, 0.3) is 10.9 Å². The Morgan fingerprint density at radius 3 is 2.22 bits per heavy atom. The maximum Gasteiger partial charge on any atom is 0.416 e. The monoisotopic (exact) mass is 724 g/mol. The molecule has 0 spiro atoms. The van der Waals surface area contributed by atoms with Gasteiger partial charge in [-0.1, -0.05) is 23.2 Å². The minimum Gasteiger partial charge on any atom is -0.373 e. The fourth-order valence-electron chi connectivity index (χ4n) is 5.71. The number of piperidine rings is 1. The summed E-state index contributed by atoms with van der Waals surface area (Å²) in [5, 5.41) is 21.1. The quantitative estimate of drug-likeness (QED) is 0.121. The summed E-state index contributed by atoms with van der Waals surface area (Å²) in [6.45, 7) is 1.45. The zero-order valence-electron chi connectivity index (χ0n) is 25.0. The van der Waals surface area contributed by atoms with Crippen LogP contribution in [0.3, 0.4) is 0 Å². The molecule has 4 aromatic rings. The Labute approximate surface area is 284 Å². The van der Waals surface area contributed by atoms with Gasteiger partial charge in [0.15, 0.2) is 0 Å². The van der Waals surface area contributed by atoms with Crippen molar-refractivity contribution in [3.05, 3.63) is 105 Å². The van der Waals surface area contributed by atoms with Gasteiger partial charge in [0.1, 0.15) is 11.9 Å². The van der Waals surface area contributed by atoms with Crippen LogP contribution in [-0.4, -0.2) is 29.1 Å². The Hall–Kier alpha value is -4.49. The topological polar surface area (TPSA) is 100 Å². The predicted octanol–water partition coefficient (Wildman–Crippen LogP) is 8.40. The smallest absolute Gasteiger partial charge is 0.373 e. The van der Waals surface area contributed by atoms with Crippen LogP contribution in [0.1, 0.15) is 41.1 Å². The zero-order chi connectivity index (χ0) is 35.1. The van der Waals surface area contributed by atoms with Crippen molar-refractivity contribution < 1.29 is 30.7 Å². The van der Waals surface area contributed by atoms with Crippen molar-refractivity contribution in [2.75, 3.05) is 23.7 Å². The molecule has 6 rings (SSSR count). The van der Waals surface area contributed by atoms with Crippen molar-refractivity contribution in [3.63, 3.8) is 0 Å². The summed E-state index contributed by atoms with van der Waals surface area (Å²) in [5.41, 5.74) is 3.79. The van der Waals surface area contributed by atoms with Gasteiger partial charge in [-0.2, -0.15) is 31.6 Å². The lowest BCUT2D eigenvalue weighted by atomic mass is 9.97. The van der Waals surface area contributed by atoms with E-state index in [-0.39, 0.29) is 61.3 Å². The lowest BCUT2D eigenvalue weighted by molar-refractivity contribution is -0.143. The van der Waals surface area contributed by atoms with Crippen LogP contribution in [-0.2, 0) is 12.4 Å². The molecule has 2 aliphatic heterocycles. The van der Waals surface area contributed by atoms with Crippen LogP contribution < -0.4 is 26.9 Å². The van der Waals surface area contributed by atoms with E-state index in [0.29, 0.717) is 17.8 Å². The highest BCUT2D eigenvalue weighted by molar-refractivity contribution is 6.36. The summed E-state index contributed by atoms with van der Waals surface area (Å²) in [4.78, 5) is 4.28. The van der Waals surface area contributed by atoms with Crippen molar-refractivity contribution in [1.29, 1.82) is 5.26 Å². The van der Waals surface area contributed by atoms with Crippen LogP contribution in [0.4, 0.5) is 47.8 Å². The second-order valence-corrected chi connectivity index (χ2v) is 12.2. The number of hydrazine groups is 2. The summed E-state index contributed by atoms with van der Waals surface area (Å²) in [6.07, 6.45) is -5.80. The Balaban J connectivity index is 1.48. The third-order valence-corrected chi connectivity index (χ3v) is 8.69. The van der Waals surface area contributed by atoms with Crippen molar-refractivity contribution >= 4 is 51.2 Å². The fraction of sp³-hybridized carbons (Fsp3) is 0.250. The van der Waals surface area contributed by atoms with Gasteiger partial charge in [-0.05, 0) is 80.0 Å². The average molecular weight is 726 g/mol. The van der Waals surface area contributed by atoms with E-state index in [0.717, 1.165) is 32.0 Å². The van der Waals surface area contributed by atoms with Crippen LogP contribution in [0, 0.1) is 17.1 Å². The summed E-state index contributed by atoms with van der Waals surface area (Å²) >= 11 is 12.6. The molecule has 1 fully saturated rings. The number of hydrogen-bond donors (Lipinski definition) is 5. The maximum atomic E-state index is 13.9. The van der Waals surface area contributed by atoms with E-state index in [1.165, 1.54) is 30.5 Å². The molecule has 5 N–H and O–H groups in total. The number of aromatic nitrogens is 1. The molecule has 3 heterocycles. The van der Waals surface area contributed by atoms with E-state index in [9.17, 15) is 36.0 Å². The standard InChI is InChI=1S/C32H25Cl2F7N8/c33-24-11-20(1-2-26(24)35)45-28-17(13-42)14-44-30-23(28)10-21(12-25(30)34)46-29(27-15-49(48-47-27)22-3-5-43-6-4-22)16-7-18(31(36,37)38)9-19(8-16)32(39,40)41/h1-2,7-12,14-15,22,29,43,46-48H,3-6H2,(H,44,45). The number of nitriles is 1. The normalized spacial score (nSPS) is 16.2. The molecule has 1 saturated heterocycles. The molecular formula is C32H25Cl2F7N8. The molecule has 0 radical (unpaired) electrons. The molecular weight excluding hydrogens is 700 g/mol. The molecule has 1 aromatic heterocycles. The average Bonchev–Trinajstić information content (AvgIpc) is 3.55. The minimum atomic E-state index is -5.08. The molecule has 1 atom stereocenters. The van der Waals surface area contributed by atoms with Gasteiger partial charge in [-0.25, -0.2) is 4.39 Å². The van der Waals surface area contributed by atoms with Crippen LogP contribution in [0.5, 0.6) is 0 Å². The van der Waals surface area contributed by atoms with Crippen molar-refractivity contribution in [2.24, 2.45) is 0 Å². The number of benzene rings is 3. The number of hydrogen-bond acceptors (Lipinski definition) is 8. The Kier molecular flexibility index (Phi) is 9.42. The van der Waals surface area contributed by atoms with Crippen LogP contribution in [0.15, 0.2) is 66.6 Å². The number of fused-ring (bicyclic) bond motifs is 1. The van der Waals surface area contributed by atoms with Gasteiger partial charge < -0.3 is 21.4 Å². The van der Waals surface area contributed by atoms with E-state index in [2.05, 4.69) is 31.9 Å². The first kappa shape index (κ1) is 34.4. The highest BCUT2D eigenvalue weighted by Crippen LogP contribution is 2.41. The predicted molar refractivity (Wildman–Crippen MR) is 171 cm³/mol. The van der Waals surface area contributed by atoms with Crippen LogP contribution in [0.2, 0.25) is 10.0 Å². The molecule has 0 amide bonds. The third-order valence-electron chi connectivity index (χ3n) is 8.11. The number of pyridine rings is 1. The molecule has 17 heteroatoms.